The molecule has 1 heterocycles. The smallest absolute Gasteiger partial charge is 0.159 e. The van der Waals surface area contributed by atoms with E-state index in [0.29, 0.717) is 11.5 Å². The summed E-state index contributed by atoms with van der Waals surface area (Å²) < 4.78 is 5.08. The standard InChI is InChI=1S/C14H15NO2/c1-9-4-5-12(11(3)14(9)16)6-7-13-8-10(2)15-17-13/h4-8,16H,1-3H3/b7-6+. The van der Waals surface area contributed by atoms with Gasteiger partial charge in [-0.05, 0) is 43.5 Å². The van der Waals surface area contributed by atoms with Crippen molar-refractivity contribution in [3.63, 3.8) is 0 Å². The van der Waals surface area contributed by atoms with Crippen LogP contribution >= 0.6 is 0 Å². The van der Waals surface area contributed by atoms with Crippen molar-refractivity contribution < 1.29 is 9.63 Å². The summed E-state index contributed by atoms with van der Waals surface area (Å²) in [5.74, 6) is 1.06. The van der Waals surface area contributed by atoms with Crippen LogP contribution in [0.1, 0.15) is 28.1 Å². The van der Waals surface area contributed by atoms with E-state index in [2.05, 4.69) is 5.16 Å². The van der Waals surface area contributed by atoms with Gasteiger partial charge in [-0.1, -0.05) is 23.4 Å². The molecule has 2 aromatic rings. The Morgan fingerprint density at radius 1 is 1.18 bits per heavy atom. The third-order valence-corrected chi connectivity index (χ3v) is 2.75. The van der Waals surface area contributed by atoms with E-state index in [9.17, 15) is 5.11 Å². The quantitative estimate of drug-likeness (QED) is 0.857. The lowest BCUT2D eigenvalue weighted by Gasteiger charge is -2.05. The second-order valence-corrected chi connectivity index (χ2v) is 4.15. The van der Waals surface area contributed by atoms with E-state index in [4.69, 9.17) is 4.52 Å². The number of nitrogens with zero attached hydrogens (tertiary/aromatic N) is 1. The van der Waals surface area contributed by atoms with Gasteiger partial charge in [-0.3, -0.25) is 0 Å². The Morgan fingerprint density at radius 2 is 1.94 bits per heavy atom. The summed E-state index contributed by atoms with van der Waals surface area (Å²) in [7, 11) is 0. The summed E-state index contributed by atoms with van der Waals surface area (Å²) >= 11 is 0. The van der Waals surface area contributed by atoms with E-state index in [1.165, 1.54) is 0 Å². The van der Waals surface area contributed by atoms with E-state index < -0.39 is 0 Å². The molecular formula is C14H15NO2. The van der Waals surface area contributed by atoms with E-state index in [0.717, 1.165) is 22.4 Å². The van der Waals surface area contributed by atoms with Crippen LogP contribution < -0.4 is 0 Å². The van der Waals surface area contributed by atoms with Crippen molar-refractivity contribution in [2.75, 3.05) is 0 Å². The maximum atomic E-state index is 9.82. The molecule has 0 aliphatic rings. The van der Waals surface area contributed by atoms with Crippen molar-refractivity contribution in [3.8, 4) is 5.75 Å². The van der Waals surface area contributed by atoms with Crippen molar-refractivity contribution in [3.05, 3.63) is 46.3 Å². The van der Waals surface area contributed by atoms with Gasteiger partial charge in [0, 0.05) is 6.07 Å². The number of aromatic hydroxyl groups is 1. The van der Waals surface area contributed by atoms with Gasteiger partial charge in [0.05, 0.1) is 5.69 Å². The minimum absolute atomic E-state index is 0.348. The number of aromatic nitrogens is 1. The molecule has 0 atom stereocenters. The molecule has 0 saturated carbocycles. The minimum atomic E-state index is 0.348. The fourth-order valence-corrected chi connectivity index (χ4v) is 1.67. The predicted molar refractivity (Wildman–Crippen MR) is 67.7 cm³/mol. The maximum Gasteiger partial charge on any atom is 0.159 e. The molecular weight excluding hydrogens is 214 g/mol. The molecule has 2 rings (SSSR count). The van der Waals surface area contributed by atoms with Crippen LogP contribution in [0, 0.1) is 20.8 Å². The first kappa shape index (κ1) is 11.5. The summed E-state index contributed by atoms with van der Waals surface area (Å²) in [5, 5.41) is 13.6. The molecule has 0 radical (unpaired) electrons. The van der Waals surface area contributed by atoms with E-state index in [-0.39, 0.29) is 0 Å². The molecule has 88 valence electrons. The lowest BCUT2D eigenvalue weighted by atomic mass is 10.0. The third-order valence-electron chi connectivity index (χ3n) is 2.75. The Balaban J connectivity index is 2.30. The monoisotopic (exact) mass is 229 g/mol. The largest absolute Gasteiger partial charge is 0.507 e. The van der Waals surface area contributed by atoms with Gasteiger partial charge >= 0.3 is 0 Å². The molecule has 0 saturated heterocycles. The van der Waals surface area contributed by atoms with E-state index in [1.807, 2.05) is 51.1 Å². The van der Waals surface area contributed by atoms with Gasteiger partial charge in [0.2, 0.25) is 0 Å². The highest BCUT2D eigenvalue weighted by molar-refractivity contribution is 5.70. The number of hydrogen-bond donors (Lipinski definition) is 1. The Morgan fingerprint density at radius 3 is 2.59 bits per heavy atom. The zero-order chi connectivity index (χ0) is 12.4. The van der Waals surface area contributed by atoms with Gasteiger partial charge in [0.25, 0.3) is 0 Å². The zero-order valence-electron chi connectivity index (χ0n) is 10.2. The van der Waals surface area contributed by atoms with Gasteiger partial charge in [-0.15, -0.1) is 0 Å². The molecule has 0 aliphatic heterocycles. The van der Waals surface area contributed by atoms with Crippen LogP contribution in [-0.4, -0.2) is 10.3 Å². The van der Waals surface area contributed by atoms with Crippen LogP contribution in [0.4, 0.5) is 0 Å². The van der Waals surface area contributed by atoms with Crippen LogP contribution in [0.5, 0.6) is 5.75 Å². The predicted octanol–water partition coefficient (Wildman–Crippen LogP) is 3.48. The summed E-state index contributed by atoms with van der Waals surface area (Å²) in [6, 6.07) is 5.73. The third kappa shape index (κ3) is 2.38. The van der Waals surface area contributed by atoms with Crippen LogP contribution in [0.25, 0.3) is 12.2 Å². The van der Waals surface area contributed by atoms with Crippen LogP contribution in [0.3, 0.4) is 0 Å². The summed E-state index contributed by atoms with van der Waals surface area (Å²) in [4.78, 5) is 0. The summed E-state index contributed by atoms with van der Waals surface area (Å²) in [6.45, 7) is 5.66. The Bertz CT molecular complexity index is 568. The van der Waals surface area contributed by atoms with Gasteiger partial charge in [0.1, 0.15) is 5.75 Å². The number of rotatable bonds is 2. The second-order valence-electron chi connectivity index (χ2n) is 4.15. The van der Waals surface area contributed by atoms with Gasteiger partial charge < -0.3 is 9.63 Å². The molecule has 0 spiro atoms. The molecule has 3 nitrogen and oxygen atoms in total. The lowest BCUT2D eigenvalue weighted by Crippen LogP contribution is -1.84. The fraction of sp³-hybridized carbons (Fsp3) is 0.214. The average Bonchev–Trinajstić information content (AvgIpc) is 2.71. The number of aryl methyl sites for hydroxylation is 2. The van der Waals surface area contributed by atoms with Crippen LogP contribution in [0.15, 0.2) is 22.7 Å². The Hall–Kier alpha value is -2.03. The Kier molecular flexibility index (Phi) is 3.00. The first-order chi connectivity index (χ1) is 8.08. The number of phenolic OH excluding ortho intramolecular Hbond substituents is 1. The fourth-order valence-electron chi connectivity index (χ4n) is 1.67. The van der Waals surface area contributed by atoms with Crippen molar-refractivity contribution in [2.45, 2.75) is 20.8 Å². The first-order valence-electron chi connectivity index (χ1n) is 5.48. The van der Waals surface area contributed by atoms with Crippen LogP contribution in [-0.2, 0) is 0 Å². The highest BCUT2D eigenvalue weighted by Gasteiger charge is 2.03. The average molecular weight is 229 g/mol. The van der Waals surface area contributed by atoms with Gasteiger partial charge in [-0.2, -0.15) is 0 Å². The van der Waals surface area contributed by atoms with Crippen molar-refractivity contribution in [1.29, 1.82) is 0 Å². The minimum Gasteiger partial charge on any atom is -0.507 e. The molecule has 0 aliphatic carbocycles. The molecule has 1 N–H and O–H groups in total. The van der Waals surface area contributed by atoms with E-state index in [1.54, 1.807) is 0 Å². The van der Waals surface area contributed by atoms with Crippen molar-refractivity contribution in [2.24, 2.45) is 0 Å². The SMILES string of the molecule is Cc1cc(/C=C/c2ccc(C)c(O)c2C)on1. The lowest BCUT2D eigenvalue weighted by molar-refractivity contribution is 0.408. The van der Waals surface area contributed by atoms with Crippen LogP contribution in [0.2, 0.25) is 0 Å². The Labute approximate surface area is 100 Å². The normalized spacial score (nSPS) is 11.2. The van der Waals surface area contributed by atoms with E-state index >= 15 is 0 Å². The second kappa shape index (κ2) is 4.45. The molecule has 1 aromatic heterocycles. The summed E-state index contributed by atoms with van der Waals surface area (Å²) in [5.41, 5.74) is 3.59. The van der Waals surface area contributed by atoms with Gasteiger partial charge in [0.15, 0.2) is 5.76 Å². The molecule has 1 aromatic carbocycles. The maximum absolute atomic E-state index is 9.82. The first-order valence-corrected chi connectivity index (χ1v) is 5.48. The molecule has 0 bridgehead atoms. The topological polar surface area (TPSA) is 46.3 Å². The molecule has 3 heteroatoms. The highest BCUT2D eigenvalue weighted by atomic mass is 16.5. The van der Waals surface area contributed by atoms with Crippen molar-refractivity contribution in [1.82, 2.24) is 5.16 Å². The zero-order valence-corrected chi connectivity index (χ0v) is 10.2. The molecule has 0 amide bonds. The number of phenols is 1. The van der Waals surface area contributed by atoms with Gasteiger partial charge in [-0.25, -0.2) is 0 Å². The molecule has 0 fully saturated rings. The molecule has 17 heavy (non-hydrogen) atoms. The molecule has 0 unspecified atom stereocenters. The number of hydrogen-bond acceptors (Lipinski definition) is 3. The highest BCUT2D eigenvalue weighted by Crippen LogP contribution is 2.25. The number of benzene rings is 1. The summed E-state index contributed by atoms with van der Waals surface area (Å²) in [6.07, 6.45) is 3.76. The van der Waals surface area contributed by atoms with Crippen molar-refractivity contribution >= 4 is 12.2 Å².